The number of pyridine rings is 1. The van der Waals surface area contributed by atoms with E-state index in [0.717, 1.165) is 27.7 Å². The first-order chi connectivity index (χ1) is 12.9. The first kappa shape index (κ1) is 19.2. The molecule has 3 rings (SSSR count). The van der Waals surface area contributed by atoms with Gasteiger partial charge in [0.1, 0.15) is 6.54 Å². The third-order valence-corrected chi connectivity index (χ3v) is 5.31. The number of fused-ring (bicyclic) bond motifs is 3. The van der Waals surface area contributed by atoms with Crippen LogP contribution in [0.1, 0.15) is 23.6 Å². The Hall–Kier alpha value is -2.61. The minimum atomic E-state index is -0.448. The quantitative estimate of drug-likeness (QED) is 0.518. The topological polar surface area (TPSA) is 85.6 Å². The number of benzene rings is 1. The van der Waals surface area contributed by atoms with Crippen LogP contribution in [0, 0.1) is 20.8 Å². The number of aryl methyl sites for hydroxylation is 3. The number of rotatable bonds is 6. The van der Waals surface area contributed by atoms with E-state index in [2.05, 4.69) is 47.6 Å². The zero-order chi connectivity index (χ0) is 19.6. The van der Waals surface area contributed by atoms with E-state index in [1.54, 1.807) is 6.92 Å². The van der Waals surface area contributed by atoms with Crippen molar-refractivity contribution in [2.24, 2.45) is 0 Å². The molecule has 0 aliphatic heterocycles. The summed E-state index contributed by atoms with van der Waals surface area (Å²) in [6.07, 6.45) is 0. The first-order valence-corrected chi connectivity index (χ1v) is 9.70. The summed E-state index contributed by atoms with van der Waals surface area (Å²) in [5.41, 5.74) is 5.20. The maximum Gasteiger partial charge on any atom is 0.325 e. The Bertz CT molecular complexity index is 1030. The molecule has 0 aliphatic rings. The van der Waals surface area contributed by atoms with Crippen molar-refractivity contribution in [2.45, 2.75) is 32.9 Å². The predicted octanol–water partition coefficient (Wildman–Crippen LogP) is 2.58. The van der Waals surface area contributed by atoms with Crippen LogP contribution >= 0.6 is 11.8 Å². The number of esters is 1. The Kier molecular flexibility index (Phi) is 5.65. The van der Waals surface area contributed by atoms with E-state index >= 15 is 0 Å². The van der Waals surface area contributed by atoms with Crippen molar-refractivity contribution in [3.8, 4) is 0 Å². The standard InChI is InChI=1S/C19H22N4O3S/c1-5-26-16(25)9-20-15(24)10-27-19-22-21-18-12(3)8-14-7-6-11(2)13(4)17(14)23(18)19/h6-8H,5,9-10H2,1-4H3,(H,20,24). The van der Waals surface area contributed by atoms with Crippen molar-refractivity contribution in [3.63, 3.8) is 0 Å². The lowest BCUT2D eigenvalue weighted by molar-refractivity contribution is -0.143. The van der Waals surface area contributed by atoms with Crippen molar-refractivity contribution in [3.05, 3.63) is 34.9 Å². The summed E-state index contributed by atoms with van der Waals surface area (Å²) >= 11 is 1.29. The van der Waals surface area contributed by atoms with Gasteiger partial charge in [-0.3, -0.25) is 14.0 Å². The minimum absolute atomic E-state index is 0.131. The molecule has 7 nitrogen and oxygen atoms in total. The molecule has 27 heavy (non-hydrogen) atoms. The molecule has 0 saturated heterocycles. The van der Waals surface area contributed by atoms with Crippen LogP contribution in [0.2, 0.25) is 0 Å². The number of hydrogen-bond donors (Lipinski definition) is 1. The molecule has 8 heteroatoms. The highest BCUT2D eigenvalue weighted by Crippen LogP contribution is 2.28. The van der Waals surface area contributed by atoms with Gasteiger partial charge >= 0.3 is 5.97 Å². The normalized spacial score (nSPS) is 11.1. The van der Waals surface area contributed by atoms with Gasteiger partial charge in [0.2, 0.25) is 5.91 Å². The van der Waals surface area contributed by atoms with Crippen molar-refractivity contribution in [2.75, 3.05) is 18.9 Å². The lowest BCUT2D eigenvalue weighted by Gasteiger charge is -2.11. The van der Waals surface area contributed by atoms with Crippen LogP contribution in [0.4, 0.5) is 0 Å². The molecule has 2 heterocycles. The number of ether oxygens (including phenoxy) is 1. The average molecular weight is 386 g/mol. The van der Waals surface area contributed by atoms with Crippen LogP contribution in [0.15, 0.2) is 23.4 Å². The molecule has 142 valence electrons. The molecular formula is C19H22N4O3S. The zero-order valence-electron chi connectivity index (χ0n) is 15.8. The van der Waals surface area contributed by atoms with Gasteiger partial charge < -0.3 is 10.1 Å². The number of thioether (sulfide) groups is 1. The van der Waals surface area contributed by atoms with Crippen molar-refractivity contribution in [1.82, 2.24) is 19.9 Å². The summed E-state index contributed by atoms with van der Waals surface area (Å²) in [5, 5.41) is 12.9. The first-order valence-electron chi connectivity index (χ1n) is 8.72. The number of carbonyl (C=O) groups excluding carboxylic acids is 2. The van der Waals surface area contributed by atoms with Gasteiger partial charge in [0.15, 0.2) is 10.8 Å². The van der Waals surface area contributed by atoms with Crippen LogP contribution in [0.25, 0.3) is 16.6 Å². The minimum Gasteiger partial charge on any atom is -0.465 e. The third-order valence-electron chi connectivity index (χ3n) is 4.38. The summed E-state index contributed by atoms with van der Waals surface area (Å²) in [5.74, 6) is -0.563. The molecule has 0 saturated carbocycles. The molecular weight excluding hydrogens is 364 g/mol. The van der Waals surface area contributed by atoms with Gasteiger partial charge in [0, 0.05) is 0 Å². The molecule has 0 aliphatic carbocycles. The van der Waals surface area contributed by atoms with Gasteiger partial charge in [-0.15, -0.1) is 10.2 Å². The number of nitrogens with one attached hydrogen (secondary N) is 1. The molecule has 1 amide bonds. The Balaban J connectivity index is 1.86. The Morgan fingerprint density at radius 2 is 1.96 bits per heavy atom. The Morgan fingerprint density at radius 3 is 2.70 bits per heavy atom. The molecule has 1 N–H and O–H groups in total. The molecule has 0 radical (unpaired) electrons. The van der Waals surface area contributed by atoms with E-state index in [-0.39, 0.29) is 18.2 Å². The van der Waals surface area contributed by atoms with E-state index in [1.807, 2.05) is 11.3 Å². The highest BCUT2D eigenvalue weighted by atomic mass is 32.2. The van der Waals surface area contributed by atoms with E-state index in [9.17, 15) is 9.59 Å². The van der Waals surface area contributed by atoms with Gasteiger partial charge in [-0.05, 0) is 55.8 Å². The molecule has 2 aromatic heterocycles. The fraction of sp³-hybridized carbons (Fsp3) is 0.368. The SMILES string of the molecule is CCOC(=O)CNC(=O)CSc1nnc2c(C)cc3ccc(C)c(C)c3n12. The van der Waals surface area contributed by atoms with Gasteiger partial charge in [-0.1, -0.05) is 23.9 Å². The number of carbonyl (C=O) groups is 2. The second kappa shape index (κ2) is 7.96. The highest BCUT2D eigenvalue weighted by molar-refractivity contribution is 7.99. The monoisotopic (exact) mass is 386 g/mol. The lowest BCUT2D eigenvalue weighted by atomic mass is 10.0. The van der Waals surface area contributed by atoms with Gasteiger partial charge in [0.25, 0.3) is 0 Å². The summed E-state index contributed by atoms with van der Waals surface area (Å²) in [6, 6.07) is 6.29. The Labute approximate surface area is 161 Å². The summed E-state index contributed by atoms with van der Waals surface area (Å²) in [7, 11) is 0. The van der Waals surface area contributed by atoms with E-state index < -0.39 is 5.97 Å². The van der Waals surface area contributed by atoms with E-state index in [4.69, 9.17) is 4.74 Å². The molecule has 1 aromatic carbocycles. The second-order valence-corrected chi connectivity index (χ2v) is 7.23. The number of aromatic nitrogens is 3. The summed E-state index contributed by atoms with van der Waals surface area (Å²) in [6.45, 7) is 8.03. The zero-order valence-corrected chi connectivity index (χ0v) is 16.6. The van der Waals surface area contributed by atoms with Crippen LogP contribution in [-0.4, -0.2) is 45.4 Å². The fourth-order valence-electron chi connectivity index (χ4n) is 2.92. The lowest BCUT2D eigenvalue weighted by Crippen LogP contribution is -2.31. The van der Waals surface area contributed by atoms with E-state index in [1.165, 1.54) is 17.3 Å². The van der Waals surface area contributed by atoms with Crippen molar-refractivity contribution < 1.29 is 14.3 Å². The second-order valence-electron chi connectivity index (χ2n) is 6.28. The molecule has 0 spiro atoms. The van der Waals surface area contributed by atoms with Crippen LogP contribution in [0.5, 0.6) is 0 Å². The van der Waals surface area contributed by atoms with Crippen LogP contribution < -0.4 is 5.32 Å². The third kappa shape index (κ3) is 3.90. The highest BCUT2D eigenvalue weighted by Gasteiger charge is 2.16. The molecule has 0 bridgehead atoms. The number of nitrogens with zero attached hydrogens (tertiary/aromatic N) is 3. The van der Waals surface area contributed by atoms with Crippen LogP contribution in [-0.2, 0) is 14.3 Å². The predicted molar refractivity (Wildman–Crippen MR) is 105 cm³/mol. The molecule has 3 aromatic rings. The van der Waals surface area contributed by atoms with Crippen LogP contribution in [0.3, 0.4) is 0 Å². The van der Waals surface area contributed by atoms with Gasteiger partial charge in [0.05, 0.1) is 17.9 Å². The Morgan fingerprint density at radius 1 is 1.19 bits per heavy atom. The number of hydrogen-bond acceptors (Lipinski definition) is 6. The van der Waals surface area contributed by atoms with Gasteiger partial charge in [-0.25, -0.2) is 0 Å². The summed E-state index contributed by atoms with van der Waals surface area (Å²) < 4.78 is 6.81. The van der Waals surface area contributed by atoms with Crippen molar-refractivity contribution >= 4 is 40.2 Å². The summed E-state index contributed by atoms with van der Waals surface area (Å²) in [4.78, 5) is 23.4. The molecule has 0 fully saturated rings. The maximum atomic E-state index is 12.0. The average Bonchev–Trinajstić information content (AvgIpc) is 3.06. The maximum absolute atomic E-state index is 12.0. The van der Waals surface area contributed by atoms with Gasteiger partial charge in [-0.2, -0.15) is 0 Å². The van der Waals surface area contributed by atoms with E-state index in [0.29, 0.717) is 11.8 Å². The largest absolute Gasteiger partial charge is 0.465 e. The molecule has 0 atom stereocenters. The number of amides is 1. The van der Waals surface area contributed by atoms with Crippen molar-refractivity contribution in [1.29, 1.82) is 0 Å². The fourth-order valence-corrected chi connectivity index (χ4v) is 3.68. The smallest absolute Gasteiger partial charge is 0.325 e. The molecule has 0 unspecified atom stereocenters.